The monoisotopic (exact) mass is 488 g/mol. The van der Waals surface area contributed by atoms with Crippen molar-refractivity contribution in [3.05, 3.63) is 77.0 Å². The normalized spacial score (nSPS) is 13.9. The maximum absolute atomic E-state index is 13.0. The van der Waals surface area contributed by atoms with E-state index >= 15 is 0 Å². The van der Waals surface area contributed by atoms with Gasteiger partial charge in [0, 0.05) is 37.1 Å². The van der Waals surface area contributed by atoms with Crippen LogP contribution in [0.15, 0.2) is 60.8 Å². The topological polar surface area (TPSA) is 67.3 Å². The van der Waals surface area contributed by atoms with Gasteiger partial charge in [0.25, 0.3) is 0 Å². The highest BCUT2D eigenvalue weighted by Crippen LogP contribution is 2.36. The van der Waals surface area contributed by atoms with Gasteiger partial charge in [0.2, 0.25) is 17.7 Å². The number of nitrogens with zero attached hydrogens (tertiary/aromatic N) is 3. The van der Waals surface area contributed by atoms with E-state index in [-0.39, 0.29) is 5.69 Å². The molecule has 6 nitrogen and oxygen atoms in total. The minimum Gasteiger partial charge on any atom is -0.439 e. The molecule has 2 heterocycles. The van der Waals surface area contributed by atoms with E-state index < -0.39 is 22.7 Å². The summed E-state index contributed by atoms with van der Waals surface area (Å²) in [4.78, 5) is 23.1. The van der Waals surface area contributed by atoms with E-state index in [0.717, 1.165) is 38.1 Å². The Labute approximate surface area is 199 Å². The number of benzene rings is 2. The van der Waals surface area contributed by atoms with Crippen molar-refractivity contribution in [1.82, 2.24) is 9.97 Å². The number of hydrogen-bond acceptors (Lipinski definition) is 5. The van der Waals surface area contributed by atoms with Crippen molar-refractivity contribution in [2.75, 3.05) is 23.3 Å². The van der Waals surface area contributed by atoms with E-state index in [1.165, 1.54) is 18.2 Å². The van der Waals surface area contributed by atoms with E-state index in [1.54, 1.807) is 36.5 Å². The molecule has 1 aliphatic rings. The summed E-state index contributed by atoms with van der Waals surface area (Å²) >= 11 is 5.60. The van der Waals surface area contributed by atoms with E-state index in [0.29, 0.717) is 23.1 Å². The number of amides is 1. The fourth-order valence-corrected chi connectivity index (χ4v) is 3.66. The number of rotatable bonds is 6. The number of alkyl halides is 3. The average Bonchev–Trinajstić information content (AvgIpc) is 3.34. The van der Waals surface area contributed by atoms with Crippen molar-refractivity contribution in [2.45, 2.75) is 19.0 Å². The molecule has 1 saturated heterocycles. The van der Waals surface area contributed by atoms with E-state index in [9.17, 15) is 18.0 Å². The molecule has 3 aromatic rings. The Morgan fingerprint density at radius 1 is 1.12 bits per heavy atom. The SMILES string of the molecule is O=C(C=Cc1cccc(Oc2ccnc(N3CCCC3)n2)c1)Nc1ccc(Cl)c(C(F)(F)F)c1. The van der Waals surface area contributed by atoms with Crippen LogP contribution in [0, 0.1) is 0 Å². The molecule has 2 aromatic carbocycles. The highest BCUT2D eigenvalue weighted by Gasteiger charge is 2.33. The number of anilines is 2. The lowest BCUT2D eigenvalue weighted by molar-refractivity contribution is -0.137. The van der Waals surface area contributed by atoms with Gasteiger partial charge in [-0.05, 0) is 54.8 Å². The average molecular weight is 489 g/mol. The predicted molar refractivity (Wildman–Crippen MR) is 124 cm³/mol. The molecule has 0 radical (unpaired) electrons. The summed E-state index contributed by atoms with van der Waals surface area (Å²) in [5.41, 5.74) is -0.368. The smallest absolute Gasteiger partial charge is 0.417 e. The first-order chi connectivity index (χ1) is 16.3. The molecule has 0 atom stereocenters. The third-order valence-corrected chi connectivity index (χ3v) is 5.38. The maximum atomic E-state index is 13.0. The number of nitrogens with one attached hydrogen (secondary N) is 1. The Kier molecular flexibility index (Phi) is 7.02. The molecule has 0 spiro atoms. The van der Waals surface area contributed by atoms with Crippen LogP contribution in [-0.4, -0.2) is 29.0 Å². The molecule has 1 fully saturated rings. The number of carbonyl (C=O) groups excluding carboxylic acids is 1. The van der Waals surface area contributed by atoms with E-state index in [4.69, 9.17) is 16.3 Å². The highest BCUT2D eigenvalue weighted by atomic mass is 35.5. The second-order valence-corrected chi connectivity index (χ2v) is 7.99. The zero-order valence-electron chi connectivity index (χ0n) is 17.8. The Balaban J connectivity index is 1.41. The van der Waals surface area contributed by atoms with Gasteiger partial charge in [-0.15, -0.1) is 0 Å². The van der Waals surface area contributed by atoms with Crippen molar-refractivity contribution in [3.63, 3.8) is 0 Å². The lowest BCUT2D eigenvalue weighted by Gasteiger charge is -2.15. The predicted octanol–water partition coefficient (Wildman–Crippen LogP) is 6.19. The highest BCUT2D eigenvalue weighted by molar-refractivity contribution is 6.31. The fraction of sp³-hybridized carbons (Fsp3) is 0.208. The van der Waals surface area contributed by atoms with Gasteiger partial charge in [0.15, 0.2) is 0 Å². The van der Waals surface area contributed by atoms with Crippen LogP contribution in [0.2, 0.25) is 5.02 Å². The Bertz CT molecular complexity index is 1210. The lowest BCUT2D eigenvalue weighted by Crippen LogP contribution is -2.20. The van der Waals surface area contributed by atoms with Gasteiger partial charge in [-0.25, -0.2) is 4.98 Å². The van der Waals surface area contributed by atoms with Crippen molar-refractivity contribution in [1.29, 1.82) is 0 Å². The van der Waals surface area contributed by atoms with Crippen LogP contribution in [0.3, 0.4) is 0 Å². The largest absolute Gasteiger partial charge is 0.439 e. The third kappa shape index (κ3) is 6.05. The summed E-state index contributed by atoms with van der Waals surface area (Å²) in [6.45, 7) is 1.83. The fourth-order valence-electron chi connectivity index (χ4n) is 3.44. The van der Waals surface area contributed by atoms with Crippen molar-refractivity contribution >= 4 is 35.2 Å². The Morgan fingerprint density at radius 2 is 1.91 bits per heavy atom. The van der Waals surface area contributed by atoms with Gasteiger partial charge in [0.05, 0.1) is 10.6 Å². The summed E-state index contributed by atoms with van der Waals surface area (Å²) in [5.74, 6) is 0.951. The van der Waals surface area contributed by atoms with Gasteiger partial charge in [0.1, 0.15) is 5.75 Å². The molecule has 0 saturated carbocycles. The molecule has 4 rings (SSSR count). The molecule has 1 aliphatic heterocycles. The Morgan fingerprint density at radius 3 is 2.68 bits per heavy atom. The first-order valence-electron chi connectivity index (χ1n) is 10.5. The van der Waals surface area contributed by atoms with Gasteiger partial charge >= 0.3 is 6.18 Å². The standard InChI is InChI=1S/C24H20ClF3N4O2/c25-20-8-7-17(15-19(20)24(26,27)28)30-21(33)9-6-16-4-3-5-18(14-16)34-22-10-11-29-23(31-22)32-12-1-2-13-32/h3-11,14-15H,1-2,12-13H2,(H,30,33). The summed E-state index contributed by atoms with van der Waals surface area (Å²) in [5, 5.41) is 1.97. The number of halogens is 4. The molecular formula is C24H20ClF3N4O2. The summed E-state index contributed by atoms with van der Waals surface area (Å²) in [7, 11) is 0. The molecular weight excluding hydrogens is 469 g/mol. The number of hydrogen-bond donors (Lipinski definition) is 1. The molecule has 1 aromatic heterocycles. The zero-order chi connectivity index (χ0) is 24.1. The number of ether oxygens (including phenoxy) is 1. The minimum atomic E-state index is -4.62. The number of carbonyl (C=O) groups is 1. The van der Waals surface area contributed by atoms with E-state index in [2.05, 4.69) is 20.2 Å². The summed E-state index contributed by atoms with van der Waals surface area (Å²) in [6.07, 6.45) is 1.99. The number of aromatic nitrogens is 2. The summed E-state index contributed by atoms with van der Waals surface area (Å²) in [6, 6.07) is 11.8. The van der Waals surface area contributed by atoms with Crippen LogP contribution in [0.4, 0.5) is 24.8 Å². The quantitative estimate of drug-likeness (QED) is 0.419. The lowest BCUT2D eigenvalue weighted by atomic mass is 10.2. The maximum Gasteiger partial charge on any atom is 0.417 e. The first-order valence-corrected chi connectivity index (χ1v) is 10.9. The molecule has 0 bridgehead atoms. The second kappa shape index (κ2) is 10.1. The van der Waals surface area contributed by atoms with Crippen LogP contribution in [-0.2, 0) is 11.0 Å². The van der Waals surface area contributed by atoms with Gasteiger partial charge in [-0.3, -0.25) is 4.79 Å². The minimum absolute atomic E-state index is 0.0129. The van der Waals surface area contributed by atoms with Crippen LogP contribution in [0.1, 0.15) is 24.0 Å². The van der Waals surface area contributed by atoms with E-state index in [1.807, 2.05) is 0 Å². The molecule has 1 N–H and O–H groups in total. The van der Waals surface area contributed by atoms with Crippen molar-refractivity contribution in [2.24, 2.45) is 0 Å². The molecule has 34 heavy (non-hydrogen) atoms. The second-order valence-electron chi connectivity index (χ2n) is 7.58. The summed E-state index contributed by atoms with van der Waals surface area (Å²) < 4.78 is 44.8. The molecule has 1 amide bonds. The van der Waals surface area contributed by atoms with Crippen LogP contribution >= 0.6 is 11.6 Å². The third-order valence-electron chi connectivity index (χ3n) is 5.05. The molecule has 0 aliphatic carbocycles. The van der Waals surface area contributed by atoms with Crippen molar-refractivity contribution < 1.29 is 22.7 Å². The first kappa shape index (κ1) is 23.6. The van der Waals surface area contributed by atoms with Gasteiger partial charge < -0.3 is 15.0 Å². The van der Waals surface area contributed by atoms with Crippen LogP contribution in [0.25, 0.3) is 6.08 Å². The van der Waals surface area contributed by atoms with Crippen molar-refractivity contribution in [3.8, 4) is 11.6 Å². The molecule has 0 unspecified atom stereocenters. The molecule has 10 heteroatoms. The van der Waals surface area contributed by atoms with Gasteiger partial charge in [-0.2, -0.15) is 18.2 Å². The van der Waals surface area contributed by atoms with Crippen LogP contribution in [0.5, 0.6) is 11.6 Å². The Hall–Kier alpha value is -3.59. The molecule has 176 valence electrons. The van der Waals surface area contributed by atoms with Gasteiger partial charge in [-0.1, -0.05) is 23.7 Å². The van der Waals surface area contributed by atoms with Crippen LogP contribution < -0.4 is 15.0 Å². The zero-order valence-corrected chi connectivity index (χ0v) is 18.6.